The third-order valence-electron chi connectivity index (χ3n) is 4.26. The van der Waals surface area contributed by atoms with Crippen molar-refractivity contribution in [1.82, 2.24) is 0 Å². The van der Waals surface area contributed by atoms with E-state index < -0.39 is 6.03 Å². The van der Waals surface area contributed by atoms with Crippen LogP contribution < -0.4 is 20.7 Å². The average molecular weight is 428 g/mol. The quantitative estimate of drug-likeness (QED) is 0.448. The van der Waals surface area contributed by atoms with Crippen LogP contribution >= 0.6 is 23.2 Å². The van der Waals surface area contributed by atoms with Crippen molar-refractivity contribution in [3.63, 3.8) is 0 Å². The topological polar surface area (TPSA) is 79.5 Å². The number of halogens is 2. The number of benzene rings is 3. The van der Waals surface area contributed by atoms with Gasteiger partial charge in [-0.25, -0.2) is 4.79 Å². The molecule has 8 heteroatoms. The van der Waals surface area contributed by atoms with E-state index in [-0.39, 0.29) is 5.91 Å². The molecule has 0 spiro atoms. The van der Waals surface area contributed by atoms with Crippen molar-refractivity contribution in [2.45, 2.75) is 6.92 Å². The number of carbonyl (C=O) groups is 2. The number of ether oxygens (including phenoxy) is 1. The van der Waals surface area contributed by atoms with E-state index in [1.54, 1.807) is 42.5 Å². The van der Waals surface area contributed by atoms with Crippen LogP contribution in [0.1, 0.15) is 15.9 Å². The van der Waals surface area contributed by atoms with E-state index >= 15 is 0 Å². The first-order chi connectivity index (χ1) is 13.9. The number of anilines is 3. The van der Waals surface area contributed by atoms with Crippen molar-refractivity contribution in [1.29, 1.82) is 0 Å². The smallest absolute Gasteiger partial charge is 0.323 e. The van der Waals surface area contributed by atoms with E-state index in [4.69, 9.17) is 27.9 Å². The summed E-state index contributed by atoms with van der Waals surface area (Å²) in [6, 6.07) is 14.7. The zero-order chi connectivity index (χ0) is 20.5. The third-order valence-corrected chi connectivity index (χ3v) is 5.00. The predicted molar refractivity (Wildman–Crippen MR) is 115 cm³/mol. The van der Waals surface area contributed by atoms with Gasteiger partial charge in [-0.1, -0.05) is 29.3 Å². The fourth-order valence-corrected chi connectivity index (χ4v) is 3.18. The molecule has 3 amide bonds. The molecule has 0 fully saturated rings. The Kier molecular flexibility index (Phi) is 5.05. The molecule has 0 aliphatic carbocycles. The minimum absolute atomic E-state index is 0.311. The fraction of sp³-hybridized carbons (Fsp3) is 0.0476. The number of amides is 3. The van der Waals surface area contributed by atoms with E-state index in [0.29, 0.717) is 44.2 Å². The summed E-state index contributed by atoms with van der Waals surface area (Å²) >= 11 is 11.8. The van der Waals surface area contributed by atoms with Crippen LogP contribution in [-0.4, -0.2) is 11.9 Å². The molecule has 4 rings (SSSR count). The number of hydrogen-bond donors (Lipinski definition) is 3. The second kappa shape index (κ2) is 7.66. The van der Waals surface area contributed by atoms with Crippen LogP contribution in [0.4, 0.5) is 21.9 Å². The number of aryl methyl sites for hydroxylation is 1. The lowest BCUT2D eigenvalue weighted by molar-refractivity contribution is 0.102. The fourth-order valence-electron chi connectivity index (χ4n) is 2.88. The van der Waals surface area contributed by atoms with Crippen LogP contribution in [-0.2, 0) is 0 Å². The minimum atomic E-state index is -0.489. The third kappa shape index (κ3) is 4.13. The molecule has 6 nitrogen and oxygen atoms in total. The van der Waals surface area contributed by atoms with E-state index in [0.717, 1.165) is 5.56 Å². The Morgan fingerprint density at radius 1 is 0.897 bits per heavy atom. The second-order valence-corrected chi connectivity index (χ2v) is 7.29. The molecule has 29 heavy (non-hydrogen) atoms. The molecule has 0 bridgehead atoms. The van der Waals surface area contributed by atoms with Crippen LogP contribution in [0, 0.1) is 6.92 Å². The van der Waals surface area contributed by atoms with Gasteiger partial charge in [0.2, 0.25) is 0 Å². The van der Waals surface area contributed by atoms with Crippen LogP contribution in [0.15, 0.2) is 54.6 Å². The largest absolute Gasteiger partial charge is 0.454 e. The molecule has 0 aromatic heterocycles. The molecule has 1 heterocycles. The number of fused-ring (bicyclic) bond motifs is 2. The average Bonchev–Trinajstić information content (AvgIpc) is 2.80. The highest BCUT2D eigenvalue weighted by molar-refractivity contribution is 6.42. The summed E-state index contributed by atoms with van der Waals surface area (Å²) in [5.41, 5.74) is 2.82. The molecule has 0 atom stereocenters. The Balaban J connectivity index is 1.53. The lowest BCUT2D eigenvalue weighted by Gasteiger charge is -2.11. The molecule has 146 valence electrons. The number of carbonyl (C=O) groups excluding carboxylic acids is 2. The van der Waals surface area contributed by atoms with Crippen LogP contribution in [0.5, 0.6) is 11.5 Å². The molecule has 1 aliphatic heterocycles. The van der Waals surface area contributed by atoms with E-state index in [1.807, 2.05) is 19.1 Å². The number of urea groups is 1. The Bertz CT molecular complexity index is 1150. The van der Waals surface area contributed by atoms with Crippen LogP contribution in [0.2, 0.25) is 10.0 Å². The number of rotatable bonds is 2. The van der Waals surface area contributed by atoms with Crippen molar-refractivity contribution in [3.05, 3.63) is 75.8 Å². The van der Waals surface area contributed by atoms with Gasteiger partial charge in [0.15, 0.2) is 5.75 Å². The molecule has 3 N–H and O–H groups in total. The molecule has 0 saturated heterocycles. The zero-order valence-electron chi connectivity index (χ0n) is 15.2. The molecular weight excluding hydrogens is 413 g/mol. The predicted octanol–water partition coefficient (Wildman–Crippen LogP) is 6.30. The summed E-state index contributed by atoms with van der Waals surface area (Å²) in [7, 11) is 0. The molecule has 0 unspecified atom stereocenters. The number of nitrogens with one attached hydrogen (secondary N) is 3. The maximum absolute atomic E-state index is 12.6. The zero-order valence-corrected chi connectivity index (χ0v) is 16.7. The summed E-state index contributed by atoms with van der Waals surface area (Å²) in [5, 5.41) is 8.90. The second-order valence-electron chi connectivity index (χ2n) is 6.47. The van der Waals surface area contributed by atoms with Gasteiger partial charge < -0.3 is 20.7 Å². The molecular formula is C21H15Cl2N3O3. The van der Waals surface area contributed by atoms with E-state index in [9.17, 15) is 9.59 Å². The highest BCUT2D eigenvalue weighted by Crippen LogP contribution is 2.37. The van der Waals surface area contributed by atoms with Crippen molar-refractivity contribution in [3.8, 4) is 11.5 Å². The summed E-state index contributed by atoms with van der Waals surface area (Å²) < 4.78 is 5.87. The monoisotopic (exact) mass is 427 g/mol. The summed E-state index contributed by atoms with van der Waals surface area (Å²) in [4.78, 5) is 24.9. The standard InChI is InChI=1S/C21H15Cl2N3O3/c1-11-2-6-19-17(8-11)26-20(27)14-9-12(4-7-18(14)29-19)24-21(28)25-13-3-5-15(22)16(23)10-13/h2-10H,1H3,(H,26,27)(H2,24,25,28). The Morgan fingerprint density at radius 3 is 2.34 bits per heavy atom. The van der Waals surface area contributed by atoms with Crippen molar-refractivity contribution in [2.24, 2.45) is 0 Å². The first kappa shape index (κ1) is 19.1. The molecule has 3 aromatic carbocycles. The maximum Gasteiger partial charge on any atom is 0.323 e. The molecule has 0 radical (unpaired) electrons. The van der Waals surface area contributed by atoms with Gasteiger partial charge in [-0.3, -0.25) is 4.79 Å². The Hall–Kier alpha value is -3.22. The minimum Gasteiger partial charge on any atom is -0.454 e. The first-order valence-electron chi connectivity index (χ1n) is 8.66. The SMILES string of the molecule is Cc1ccc2c(c1)NC(=O)c1cc(NC(=O)Nc3ccc(Cl)c(Cl)c3)ccc1O2. The molecule has 3 aromatic rings. The molecule has 0 saturated carbocycles. The lowest BCUT2D eigenvalue weighted by atomic mass is 10.1. The highest BCUT2D eigenvalue weighted by atomic mass is 35.5. The molecule has 1 aliphatic rings. The van der Waals surface area contributed by atoms with Gasteiger partial charge in [-0.05, 0) is 61.0 Å². The van der Waals surface area contributed by atoms with Crippen molar-refractivity contribution in [2.75, 3.05) is 16.0 Å². The van der Waals surface area contributed by atoms with Gasteiger partial charge in [-0.15, -0.1) is 0 Å². The van der Waals surface area contributed by atoms with Gasteiger partial charge in [-0.2, -0.15) is 0 Å². The van der Waals surface area contributed by atoms with Gasteiger partial charge >= 0.3 is 6.03 Å². The summed E-state index contributed by atoms with van der Waals surface area (Å²) in [6.45, 7) is 1.93. The highest BCUT2D eigenvalue weighted by Gasteiger charge is 2.21. The Morgan fingerprint density at radius 2 is 1.59 bits per heavy atom. The van der Waals surface area contributed by atoms with Gasteiger partial charge in [0, 0.05) is 11.4 Å². The van der Waals surface area contributed by atoms with Gasteiger partial charge in [0.05, 0.1) is 21.3 Å². The van der Waals surface area contributed by atoms with Gasteiger partial charge in [0.1, 0.15) is 5.75 Å². The van der Waals surface area contributed by atoms with E-state index in [2.05, 4.69) is 16.0 Å². The van der Waals surface area contributed by atoms with E-state index in [1.165, 1.54) is 0 Å². The normalized spacial score (nSPS) is 12.0. The number of hydrogen-bond acceptors (Lipinski definition) is 3. The van der Waals surface area contributed by atoms with Crippen LogP contribution in [0.3, 0.4) is 0 Å². The summed E-state index contributed by atoms with van der Waals surface area (Å²) in [5.74, 6) is 0.638. The lowest BCUT2D eigenvalue weighted by Crippen LogP contribution is -2.20. The van der Waals surface area contributed by atoms with Crippen molar-refractivity contribution >= 4 is 52.2 Å². The Labute approximate surface area is 176 Å². The van der Waals surface area contributed by atoms with Gasteiger partial charge in [0.25, 0.3) is 5.91 Å². The first-order valence-corrected chi connectivity index (χ1v) is 9.41. The summed E-state index contributed by atoms with van der Waals surface area (Å²) in [6.07, 6.45) is 0. The van der Waals surface area contributed by atoms with Crippen LogP contribution in [0.25, 0.3) is 0 Å². The van der Waals surface area contributed by atoms with Crippen molar-refractivity contribution < 1.29 is 14.3 Å². The maximum atomic E-state index is 12.6.